The molecule has 3 heteroatoms. The Morgan fingerprint density at radius 3 is 2.47 bits per heavy atom. The quantitative estimate of drug-likeness (QED) is 0.681. The van der Waals surface area contributed by atoms with Gasteiger partial charge in [-0.2, -0.15) is 0 Å². The number of likely N-dealkylation sites (tertiary alicyclic amines) is 1. The highest BCUT2D eigenvalue weighted by Crippen LogP contribution is 2.64. The highest BCUT2D eigenvalue weighted by atomic mass is 79.9. The van der Waals surface area contributed by atoms with Crippen LogP contribution in [0.5, 0.6) is 0 Å². The molecule has 4 atom stereocenters. The SMILES string of the molecule is CC12CCC(C1)C(C)(C)C2N1CCC(Br)C1=O. The number of hydrogen-bond donors (Lipinski definition) is 0. The average molecular weight is 300 g/mol. The molecule has 1 aliphatic heterocycles. The van der Waals surface area contributed by atoms with E-state index in [2.05, 4.69) is 41.6 Å². The maximum atomic E-state index is 12.3. The minimum Gasteiger partial charge on any atom is -0.338 e. The van der Waals surface area contributed by atoms with E-state index in [0.29, 0.717) is 22.8 Å². The van der Waals surface area contributed by atoms with Crippen LogP contribution in [-0.4, -0.2) is 28.2 Å². The number of rotatable bonds is 1. The third-order valence-electron chi connectivity index (χ3n) is 5.68. The molecule has 3 aliphatic rings. The molecule has 2 aliphatic carbocycles. The van der Waals surface area contributed by atoms with Gasteiger partial charge in [-0.25, -0.2) is 0 Å². The Morgan fingerprint density at radius 2 is 2.00 bits per heavy atom. The van der Waals surface area contributed by atoms with Gasteiger partial charge in [0.15, 0.2) is 0 Å². The molecule has 0 radical (unpaired) electrons. The summed E-state index contributed by atoms with van der Waals surface area (Å²) >= 11 is 3.51. The summed E-state index contributed by atoms with van der Waals surface area (Å²) in [5.41, 5.74) is 0.681. The van der Waals surface area contributed by atoms with Crippen LogP contribution in [0.3, 0.4) is 0 Å². The molecule has 2 nitrogen and oxygen atoms in total. The van der Waals surface area contributed by atoms with Crippen molar-refractivity contribution in [1.82, 2.24) is 4.90 Å². The fraction of sp³-hybridized carbons (Fsp3) is 0.929. The highest BCUT2D eigenvalue weighted by Gasteiger charge is 2.62. The minimum absolute atomic E-state index is 0.0704. The molecule has 96 valence electrons. The normalized spacial score (nSPS) is 48.1. The largest absolute Gasteiger partial charge is 0.338 e. The lowest BCUT2D eigenvalue weighted by atomic mass is 9.67. The number of amides is 1. The third kappa shape index (κ3) is 1.47. The minimum atomic E-state index is 0.0704. The number of carbonyl (C=O) groups is 1. The summed E-state index contributed by atoms with van der Waals surface area (Å²) < 4.78 is 0. The number of carbonyl (C=O) groups excluding carboxylic acids is 1. The molecule has 0 aromatic carbocycles. The third-order valence-corrected chi connectivity index (χ3v) is 6.53. The smallest absolute Gasteiger partial charge is 0.236 e. The number of alkyl halides is 1. The summed E-state index contributed by atoms with van der Waals surface area (Å²) in [6.45, 7) is 8.11. The van der Waals surface area contributed by atoms with Gasteiger partial charge >= 0.3 is 0 Å². The molecule has 1 saturated heterocycles. The predicted octanol–water partition coefficient (Wildman–Crippen LogP) is 3.20. The van der Waals surface area contributed by atoms with E-state index in [0.717, 1.165) is 18.9 Å². The van der Waals surface area contributed by atoms with Crippen molar-refractivity contribution < 1.29 is 4.79 Å². The zero-order valence-corrected chi connectivity index (χ0v) is 12.6. The van der Waals surface area contributed by atoms with Gasteiger partial charge in [0.25, 0.3) is 0 Å². The van der Waals surface area contributed by atoms with Crippen LogP contribution in [0.2, 0.25) is 0 Å². The molecule has 2 saturated carbocycles. The second kappa shape index (κ2) is 3.49. The monoisotopic (exact) mass is 299 g/mol. The zero-order valence-electron chi connectivity index (χ0n) is 11.0. The second-order valence-electron chi connectivity index (χ2n) is 7.11. The Hall–Kier alpha value is -0.0500. The first-order valence-corrected chi connectivity index (χ1v) is 7.72. The standard InChI is InChI=1S/C14H22BrNO/c1-13(2)9-4-6-14(3,8-9)12(13)16-7-5-10(15)11(16)17/h9-10,12H,4-8H2,1-3H3. The van der Waals surface area contributed by atoms with Crippen LogP contribution < -0.4 is 0 Å². The van der Waals surface area contributed by atoms with E-state index in [-0.39, 0.29) is 4.83 Å². The summed E-state index contributed by atoms with van der Waals surface area (Å²) in [6, 6.07) is 0.462. The van der Waals surface area contributed by atoms with Gasteiger partial charge in [-0.05, 0) is 42.4 Å². The van der Waals surface area contributed by atoms with Crippen molar-refractivity contribution in [3.8, 4) is 0 Å². The Bertz CT molecular complexity index is 362. The molecule has 1 heterocycles. The molecule has 0 aromatic rings. The Balaban J connectivity index is 1.95. The molecule has 3 rings (SSSR count). The van der Waals surface area contributed by atoms with Crippen molar-refractivity contribution in [2.75, 3.05) is 6.54 Å². The molecule has 17 heavy (non-hydrogen) atoms. The summed E-state index contributed by atoms with van der Waals surface area (Å²) in [5.74, 6) is 1.15. The number of nitrogens with zero attached hydrogens (tertiary/aromatic N) is 1. The topological polar surface area (TPSA) is 20.3 Å². The van der Waals surface area contributed by atoms with E-state index in [1.54, 1.807) is 0 Å². The fourth-order valence-corrected chi connectivity index (χ4v) is 5.44. The van der Waals surface area contributed by atoms with Crippen LogP contribution in [-0.2, 0) is 4.79 Å². The Morgan fingerprint density at radius 1 is 1.29 bits per heavy atom. The lowest BCUT2D eigenvalue weighted by molar-refractivity contribution is -0.135. The van der Waals surface area contributed by atoms with Gasteiger partial charge in [-0.15, -0.1) is 0 Å². The van der Waals surface area contributed by atoms with Crippen molar-refractivity contribution >= 4 is 21.8 Å². The molecule has 3 fully saturated rings. The lowest BCUT2D eigenvalue weighted by Gasteiger charge is -2.47. The zero-order chi connectivity index (χ0) is 12.4. The van der Waals surface area contributed by atoms with Gasteiger partial charge in [-0.1, -0.05) is 36.7 Å². The molecule has 0 spiro atoms. The summed E-state index contributed by atoms with van der Waals surface area (Å²) in [6.07, 6.45) is 4.97. The van der Waals surface area contributed by atoms with Crippen LogP contribution in [0, 0.1) is 16.7 Å². The van der Waals surface area contributed by atoms with Crippen molar-refractivity contribution in [2.24, 2.45) is 16.7 Å². The first kappa shape index (κ1) is 12.0. The van der Waals surface area contributed by atoms with E-state index < -0.39 is 0 Å². The van der Waals surface area contributed by atoms with Crippen molar-refractivity contribution in [3.05, 3.63) is 0 Å². The highest BCUT2D eigenvalue weighted by molar-refractivity contribution is 9.10. The van der Waals surface area contributed by atoms with Gasteiger partial charge in [0, 0.05) is 12.6 Å². The van der Waals surface area contributed by atoms with Gasteiger partial charge in [-0.3, -0.25) is 4.79 Å². The van der Waals surface area contributed by atoms with E-state index in [1.165, 1.54) is 19.3 Å². The van der Waals surface area contributed by atoms with Gasteiger partial charge < -0.3 is 4.90 Å². The van der Waals surface area contributed by atoms with Crippen molar-refractivity contribution in [2.45, 2.75) is 57.3 Å². The van der Waals surface area contributed by atoms with Crippen molar-refractivity contribution in [3.63, 3.8) is 0 Å². The summed E-state index contributed by atoms with van der Waals surface area (Å²) in [4.78, 5) is 14.5. The molecular formula is C14H22BrNO. The lowest BCUT2D eigenvalue weighted by Crippen LogP contribution is -2.53. The fourth-order valence-electron chi connectivity index (χ4n) is 4.98. The van der Waals surface area contributed by atoms with Crippen LogP contribution >= 0.6 is 15.9 Å². The van der Waals surface area contributed by atoms with Gasteiger partial charge in [0.05, 0.1) is 4.83 Å². The molecule has 1 amide bonds. The van der Waals surface area contributed by atoms with E-state index in [9.17, 15) is 4.79 Å². The molecule has 4 unspecified atom stereocenters. The molecule has 2 bridgehead atoms. The van der Waals surface area contributed by atoms with Crippen LogP contribution in [0.4, 0.5) is 0 Å². The molecule has 0 aromatic heterocycles. The summed E-state index contributed by atoms with van der Waals surface area (Å²) in [7, 11) is 0. The van der Waals surface area contributed by atoms with E-state index in [4.69, 9.17) is 0 Å². The number of fused-ring (bicyclic) bond motifs is 2. The van der Waals surface area contributed by atoms with Crippen molar-refractivity contribution in [1.29, 1.82) is 0 Å². The second-order valence-corrected chi connectivity index (χ2v) is 8.21. The van der Waals surface area contributed by atoms with Crippen LogP contribution in [0.15, 0.2) is 0 Å². The predicted molar refractivity (Wildman–Crippen MR) is 72.1 cm³/mol. The maximum Gasteiger partial charge on any atom is 0.236 e. The molecular weight excluding hydrogens is 278 g/mol. The van der Waals surface area contributed by atoms with Crippen LogP contribution in [0.25, 0.3) is 0 Å². The van der Waals surface area contributed by atoms with Gasteiger partial charge in [0.1, 0.15) is 0 Å². The number of halogens is 1. The average Bonchev–Trinajstić information content (AvgIpc) is 2.82. The van der Waals surface area contributed by atoms with E-state index in [1.807, 2.05) is 0 Å². The summed E-state index contributed by atoms with van der Waals surface area (Å²) in [5, 5.41) is 0. The van der Waals surface area contributed by atoms with Crippen LogP contribution in [0.1, 0.15) is 46.5 Å². The first-order chi connectivity index (χ1) is 7.86. The maximum absolute atomic E-state index is 12.3. The Labute approximate surface area is 112 Å². The first-order valence-electron chi connectivity index (χ1n) is 6.81. The number of hydrogen-bond acceptors (Lipinski definition) is 1. The van der Waals surface area contributed by atoms with E-state index >= 15 is 0 Å². The Kier molecular flexibility index (Phi) is 2.47. The van der Waals surface area contributed by atoms with Gasteiger partial charge in [0.2, 0.25) is 5.91 Å². The molecule has 0 N–H and O–H groups in total.